The minimum absolute atomic E-state index is 0. The van der Waals surface area contributed by atoms with Crippen molar-refractivity contribution in [1.82, 2.24) is 19.9 Å². The van der Waals surface area contributed by atoms with Crippen LogP contribution in [0.3, 0.4) is 0 Å². The molecule has 1 amide bonds. The van der Waals surface area contributed by atoms with Crippen LogP contribution in [0.2, 0.25) is 0 Å². The maximum atomic E-state index is 12.7. The van der Waals surface area contributed by atoms with E-state index in [1.807, 2.05) is 11.8 Å². The molecule has 25 heavy (non-hydrogen) atoms. The van der Waals surface area contributed by atoms with E-state index >= 15 is 0 Å². The number of aryl methyl sites for hydroxylation is 1. The number of hydrogen-bond donors (Lipinski definition) is 1. The lowest BCUT2D eigenvalue weighted by atomic mass is 9.81. The van der Waals surface area contributed by atoms with Gasteiger partial charge in [-0.1, -0.05) is 31.3 Å². The van der Waals surface area contributed by atoms with Gasteiger partial charge in [0.2, 0.25) is 11.8 Å². The molecule has 1 aliphatic carbocycles. The Kier molecular flexibility index (Phi) is 8.60. The molecule has 1 aromatic heterocycles. The average molecular weight is 394 g/mol. The predicted molar refractivity (Wildman–Crippen MR) is 100 cm³/mol. The summed E-state index contributed by atoms with van der Waals surface area (Å²) in [4.78, 5) is 21.3. The van der Waals surface area contributed by atoms with Crippen molar-refractivity contribution in [3.8, 4) is 0 Å². The van der Waals surface area contributed by atoms with Crippen molar-refractivity contribution >= 4 is 30.7 Å². The second-order valence-electron chi connectivity index (χ2n) is 6.74. The Morgan fingerprint density at radius 3 is 2.36 bits per heavy atom. The van der Waals surface area contributed by atoms with Crippen LogP contribution in [0.1, 0.15) is 50.7 Å². The summed E-state index contributed by atoms with van der Waals surface area (Å²) in [5, 5.41) is 3.99. The summed E-state index contributed by atoms with van der Waals surface area (Å²) in [6, 6.07) is 0. The van der Waals surface area contributed by atoms with Crippen LogP contribution in [0.15, 0.2) is 4.52 Å². The number of rotatable bonds is 4. The van der Waals surface area contributed by atoms with Crippen molar-refractivity contribution in [2.75, 3.05) is 26.2 Å². The highest BCUT2D eigenvalue weighted by Gasteiger charge is 2.39. The summed E-state index contributed by atoms with van der Waals surface area (Å²) in [6.07, 6.45) is 5.75. The fourth-order valence-electron chi connectivity index (χ4n) is 3.52. The van der Waals surface area contributed by atoms with Crippen LogP contribution >= 0.6 is 24.8 Å². The fourth-order valence-corrected chi connectivity index (χ4v) is 3.52. The Balaban J connectivity index is 0.00000156. The second kappa shape index (κ2) is 9.71. The molecule has 3 rings (SSSR count). The highest BCUT2D eigenvalue weighted by Crippen LogP contribution is 2.28. The third-order valence-electron chi connectivity index (χ3n) is 5.01. The van der Waals surface area contributed by atoms with Gasteiger partial charge in [-0.05, 0) is 12.8 Å². The molecule has 2 N–H and O–H groups in total. The van der Waals surface area contributed by atoms with Crippen molar-refractivity contribution in [1.29, 1.82) is 0 Å². The van der Waals surface area contributed by atoms with Gasteiger partial charge in [0.25, 0.3) is 0 Å². The lowest BCUT2D eigenvalue weighted by molar-refractivity contribution is -0.140. The molecule has 0 spiro atoms. The number of nitrogens with zero attached hydrogens (tertiary/aromatic N) is 4. The molecule has 2 aliphatic rings. The van der Waals surface area contributed by atoms with Crippen molar-refractivity contribution in [2.24, 2.45) is 5.73 Å². The minimum atomic E-state index is -0.621. The maximum Gasteiger partial charge on any atom is 0.242 e. The van der Waals surface area contributed by atoms with Crippen molar-refractivity contribution < 1.29 is 9.32 Å². The Morgan fingerprint density at radius 1 is 1.16 bits per heavy atom. The van der Waals surface area contributed by atoms with Gasteiger partial charge in [0, 0.05) is 32.6 Å². The lowest BCUT2D eigenvalue weighted by Crippen LogP contribution is -2.60. The number of carbonyl (C=O) groups excluding carboxylic acids is 1. The van der Waals surface area contributed by atoms with Gasteiger partial charge < -0.3 is 15.2 Å². The van der Waals surface area contributed by atoms with Gasteiger partial charge in [0.05, 0.1) is 12.1 Å². The number of amides is 1. The molecule has 7 nitrogen and oxygen atoms in total. The first-order chi connectivity index (χ1) is 11.1. The molecule has 144 valence electrons. The van der Waals surface area contributed by atoms with E-state index in [0.29, 0.717) is 12.4 Å². The Labute approximate surface area is 161 Å². The first-order valence-electron chi connectivity index (χ1n) is 8.73. The first-order valence-corrected chi connectivity index (χ1v) is 8.73. The SMILES string of the molecule is CCc1nc(CN2CCN(C(=O)C3(N)CCCCC3)CC2)no1.Cl.Cl. The molecule has 1 aromatic rings. The summed E-state index contributed by atoms with van der Waals surface area (Å²) < 4.78 is 5.14. The van der Waals surface area contributed by atoms with Gasteiger partial charge in [-0.2, -0.15) is 4.98 Å². The monoisotopic (exact) mass is 393 g/mol. The third kappa shape index (κ3) is 5.29. The lowest BCUT2D eigenvalue weighted by Gasteiger charge is -2.40. The van der Waals surface area contributed by atoms with E-state index in [4.69, 9.17) is 10.3 Å². The molecule has 0 unspecified atom stereocenters. The van der Waals surface area contributed by atoms with Crippen LogP contribution in [0.4, 0.5) is 0 Å². The molecular weight excluding hydrogens is 365 g/mol. The normalized spacial score (nSPS) is 20.5. The number of aromatic nitrogens is 2. The predicted octanol–water partition coefficient (Wildman–Crippen LogP) is 1.78. The summed E-state index contributed by atoms with van der Waals surface area (Å²) in [5.74, 6) is 1.55. The molecule has 2 fully saturated rings. The van der Waals surface area contributed by atoms with E-state index in [1.165, 1.54) is 6.42 Å². The Bertz CT molecular complexity index is 540. The zero-order chi connectivity index (χ0) is 16.3. The fraction of sp³-hybridized carbons (Fsp3) is 0.812. The van der Waals surface area contributed by atoms with E-state index in [-0.39, 0.29) is 30.7 Å². The Morgan fingerprint density at radius 2 is 1.80 bits per heavy atom. The van der Waals surface area contributed by atoms with E-state index in [2.05, 4.69) is 15.0 Å². The van der Waals surface area contributed by atoms with Crippen molar-refractivity contribution in [3.63, 3.8) is 0 Å². The van der Waals surface area contributed by atoms with Gasteiger partial charge in [0.15, 0.2) is 5.82 Å². The Hall–Kier alpha value is -0.890. The summed E-state index contributed by atoms with van der Waals surface area (Å²) in [7, 11) is 0. The first kappa shape index (κ1) is 22.2. The van der Waals surface area contributed by atoms with Crippen molar-refractivity contribution in [3.05, 3.63) is 11.7 Å². The smallest absolute Gasteiger partial charge is 0.242 e. The van der Waals surface area contributed by atoms with Crippen molar-refractivity contribution in [2.45, 2.75) is 57.5 Å². The zero-order valence-corrected chi connectivity index (χ0v) is 16.4. The van der Waals surface area contributed by atoms with Gasteiger partial charge in [-0.3, -0.25) is 9.69 Å². The van der Waals surface area contributed by atoms with E-state index < -0.39 is 5.54 Å². The average Bonchev–Trinajstić information content (AvgIpc) is 3.03. The standard InChI is InChI=1S/C16H27N5O2.2ClH/c1-2-14-18-13(19-23-14)12-20-8-10-21(11-9-20)15(22)16(17)6-4-3-5-7-16;;/h2-12,17H2,1H3;2*1H. The molecule has 0 bridgehead atoms. The van der Waals surface area contributed by atoms with Crippen LogP contribution in [0.5, 0.6) is 0 Å². The zero-order valence-electron chi connectivity index (χ0n) is 14.8. The topological polar surface area (TPSA) is 88.5 Å². The second-order valence-corrected chi connectivity index (χ2v) is 6.74. The highest BCUT2D eigenvalue weighted by atomic mass is 35.5. The van der Waals surface area contributed by atoms with Gasteiger partial charge in [-0.15, -0.1) is 24.8 Å². The number of piperazine rings is 1. The van der Waals surface area contributed by atoms with Crippen LogP contribution in [-0.4, -0.2) is 57.6 Å². The maximum absolute atomic E-state index is 12.7. The van der Waals surface area contributed by atoms with E-state index in [9.17, 15) is 4.79 Å². The molecular formula is C16H29Cl2N5O2. The third-order valence-corrected chi connectivity index (χ3v) is 5.01. The largest absolute Gasteiger partial charge is 0.339 e. The molecule has 1 saturated heterocycles. The number of hydrogen-bond acceptors (Lipinski definition) is 6. The molecule has 0 radical (unpaired) electrons. The van der Waals surface area contributed by atoms with Crippen LogP contribution in [0.25, 0.3) is 0 Å². The number of nitrogens with two attached hydrogens (primary N) is 1. The number of halogens is 2. The quantitative estimate of drug-likeness (QED) is 0.838. The van der Waals surface area contributed by atoms with E-state index in [0.717, 1.165) is 64.1 Å². The molecule has 1 saturated carbocycles. The molecule has 2 heterocycles. The van der Waals surface area contributed by atoms with Gasteiger partial charge >= 0.3 is 0 Å². The van der Waals surface area contributed by atoms with Crippen LogP contribution < -0.4 is 5.73 Å². The van der Waals surface area contributed by atoms with E-state index in [1.54, 1.807) is 0 Å². The van der Waals surface area contributed by atoms with Crippen LogP contribution in [0, 0.1) is 0 Å². The summed E-state index contributed by atoms with van der Waals surface area (Å²) >= 11 is 0. The van der Waals surface area contributed by atoms with Crippen LogP contribution in [-0.2, 0) is 17.8 Å². The molecule has 0 aromatic carbocycles. The molecule has 1 aliphatic heterocycles. The molecule has 9 heteroatoms. The highest BCUT2D eigenvalue weighted by molar-refractivity contribution is 5.86. The minimum Gasteiger partial charge on any atom is -0.339 e. The van der Waals surface area contributed by atoms with Gasteiger partial charge in [0.1, 0.15) is 0 Å². The summed E-state index contributed by atoms with van der Waals surface area (Å²) in [5.41, 5.74) is 5.75. The number of carbonyl (C=O) groups is 1. The van der Waals surface area contributed by atoms with Gasteiger partial charge in [-0.25, -0.2) is 0 Å². The molecule has 0 atom stereocenters. The summed E-state index contributed by atoms with van der Waals surface area (Å²) in [6.45, 7) is 5.80.